The number of halogens is 3. The van der Waals surface area contributed by atoms with E-state index in [1.807, 2.05) is 6.92 Å². The van der Waals surface area contributed by atoms with Gasteiger partial charge in [0.15, 0.2) is 5.96 Å². The number of nitrogens with zero attached hydrogens (tertiary/aromatic N) is 2. The summed E-state index contributed by atoms with van der Waals surface area (Å²) < 4.78 is 20.1. The van der Waals surface area contributed by atoms with Crippen LogP contribution in [-0.2, 0) is 11.3 Å². The van der Waals surface area contributed by atoms with Gasteiger partial charge in [-0.25, -0.2) is 9.38 Å². The molecule has 1 aliphatic rings. The Morgan fingerprint density at radius 2 is 2.08 bits per heavy atom. The molecular weight excluding hydrogens is 502 g/mol. The summed E-state index contributed by atoms with van der Waals surface area (Å²) in [6.07, 6.45) is 0. The third kappa shape index (κ3) is 7.76. The van der Waals surface area contributed by atoms with Gasteiger partial charge < -0.3 is 15.4 Å². The first-order valence-electron chi connectivity index (χ1n) is 8.38. The van der Waals surface area contributed by atoms with Gasteiger partial charge in [-0.2, -0.15) is 0 Å². The van der Waals surface area contributed by atoms with Gasteiger partial charge in [-0.3, -0.25) is 4.90 Å². The number of guanidine groups is 1. The maximum Gasteiger partial charge on any atom is 0.191 e. The SMILES string of the molecule is CCNC(=NCc1cc(Br)ccc1F)NCC(C)N1CCOCC1.I. The summed E-state index contributed by atoms with van der Waals surface area (Å²) in [5.41, 5.74) is 0.572. The van der Waals surface area contributed by atoms with Crippen LogP contribution in [0.4, 0.5) is 4.39 Å². The molecule has 1 heterocycles. The minimum absolute atomic E-state index is 0. The van der Waals surface area contributed by atoms with Crippen molar-refractivity contribution in [1.82, 2.24) is 15.5 Å². The summed E-state index contributed by atoms with van der Waals surface area (Å²) in [6, 6.07) is 5.30. The Balaban J connectivity index is 0.00000312. The molecule has 2 N–H and O–H groups in total. The van der Waals surface area contributed by atoms with Gasteiger partial charge in [0.05, 0.1) is 19.8 Å². The molecule has 0 bridgehead atoms. The molecule has 1 aliphatic heterocycles. The van der Waals surface area contributed by atoms with E-state index < -0.39 is 0 Å². The second-order valence-electron chi connectivity index (χ2n) is 5.81. The van der Waals surface area contributed by atoms with Crippen LogP contribution in [-0.4, -0.2) is 56.3 Å². The highest BCUT2D eigenvalue weighted by atomic mass is 127. The molecule has 1 unspecified atom stereocenters. The average molecular weight is 529 g/mol. The van der Waals surface area contributed by atoms with Crippen molar-refractivity contribution in [1.29, 1.82) is 0 Å². The molecule has 0 saturated carbocycles. The third-order valence-corrected chi connectivity index (χ3v) is 4.49. The van der Waals surface area contributed by atoms with Gasteiger partial charge >= 0.3 is 0 Å². The summed E-state index contributed by atoms with van der Waals surface area (Å²) in [7, 11) is 0. The van der Waals surface area contributed by atoms with Gasteiger partial charge in [-0.05, 0) is 32.0 Å². The fourth-order valence-corrected chi connectivity index (χ4v) is 2.97. The van der Waals surface area contributed by atoms with Gasteiger partial charge in [-0.1, -0.05) is 15.9 Å². The first kappa shape index (κ1) is 22.6. The zero-order valence-electron chi connectivity index (χ0n) is 14.7. The predicted molar refractivity (Wildman–Crippen MR) is 114 cm³/mol. The Bertz CT molecular complexity index is 555. The maximum atomic E-state index is 13.8. The molecule has 1 aromatic carbocycles. The smallest absolute Gasteiger partial charge is 0.191 e. The summed E-state index contributed by atoms with van der Waals surface area (Å²) in [4.78, 5) is 6.89. The van der Waals surface area contributed by atoms with Crippen LogP contribution in [0.3, 0.4) is 0 Å². The van der Waals surface area contributed by atoms with Crippen LogP contribution in [0.15, 0.2) is 27.7 Å². The van der Waals surface area contributed by atoms with Crippen LogP contribution in [0, 0.1) is 5.82 Å². The van der Waals surface area contributed by atoms with Gasteiger partial charge in [0, 0.05) is 42.3 Å². The van der Waals surface area contributed by atoms with E-state index in [1.165, 1.54) is 6.07 Å². The van der Waals surface area contributed by atoms with Crippen LogP contribution in [0.2, 0.25) is 0 Å². The summed E-state index contributed by atoms with van der Waals surface area (Å²) in [6.45, 7) is 9.55. The Labute approximate surface area is 174 Å². The summed E-state index contributed by atoms with van der Waals surface area (Å²) in [5.74, 6) is 0.469. The topological polar surface area (TPSA) is 48.9 Å². The van der Waals surface area contributed by atoms with Crippen molar-refractivity contribution >= 4 is 45.9 Å². The van der Waals surface area contributed by atoms with E-state index in [9.17, 15) is 4.39 Å². The van der Waals surface area contributed by atoms with Crippen molar-refractivity contribution in [3.05, 3.63) is 34.1 Å². The molecule has 0 amide bonds. The highest BCUT2D eigenvalue weighted by Crippen LogP contribution is 2.16. The maximum absolute atomic E-state index is 13.8. The van der Waals surface area contributed by atoms with E-state index in [0.29, 0.717) is 24.1 Å². The molecule has 1 aromatic rings. The van der Waals surface area contributed by atoms with Crippen LogP contribution in [0.1, 0.15) is 19.4 Å². The lowest BCUT2D eigenvalue weighted by molar-refractivity contribution is 0.0211. The molecule has 1 fully saturated rings. The second-order valence-corrected chi connectivity index (χ2v) is 6.72. The Morgan fingerprint density at radius 3 is 2.76 bits per heavy atom. The molecule has 1 saturated heterocycles. The monoisotopic (exact) mass is 528 g/mol. The zero-order chi connectivity index (χ0) is 17.4. The molecule has 0 radical (unpaired) electrons. The number of morpholine rings is 1. The van der Waals surface area contributed by atoms with E-state index in [1.54, 1.807) is 12.1 Å². The minimum Gasteiger partial charge on any atom is -0.379 e. The molecule has 1 atom stereocenters. The van der Waals surface area contributed by atoms with Crippen molar-refractivity contribution in [3.8, 4) is 0 Å². The lowest BCUT2D eigenvalue weighted by Crippen LogP contribution is -2.49. The quantitative estimate of drug-likeness (QED) is 0.338. The predicted octanol–water partition coefficient (Wildman–Crippen LogP) is 2.98. The number of benzene rings is 1. The largest absolute Gasteiger partial charge is 0.379 e. The second kappa shape index (κ2) is 12.0. The first-order valence-corrected chi connectivity index (χ1v) is 9.17. The molecule has 0 aromatic heterocycles. The molecule has 142 valence electrons. The van der Waals surface area contributed by atoms with Gasteiger partial charge in [-0.15, -0.1) is 24.0 Å². The minimum atomic E-state index is -0.237. The van der Waals surface area contributed by atoms with Crippen LogP contribution < -0.4 is 10.6 Å². The highest BCUT2D eigenvalue weighted by molar-refractivity contribution is 14.0. The number of nitrogens with one attached hydrogen (secondary N) is 2. The van der Waals surface area contributed by atoms with E-state index >= 15 is 0 Å². The molecular formula is C17H27BrFIN4O. The van der Waals surface area contributed by atoms with Crippen LogP contribution >= 0.6 is 39.9 Å². The zero-order valence-corrected chi connectivity index (χ0v) is 18.6. The summed E-state index contributed by atoms with van der Waals surface area (Å²) >= 11 is 3.37. The van der Waals surface area contributed by atoms with Crippen molar-refractivity contribution < 1.29 is 9.13 Å². The first-order chi connectivity index (χ1) is 11.6. The van der Waals surface area contributed by atoms with Crippen LogP contribution in [0.25, 0.3) is 0 Å². The molecule has 2 rings (SSSR count). The standard InChI is InChI=1S/C17H26BrFN4O.HI/c1-3-20-17(21-11-13(2)23-6-8-24-9-7-23)22-12-14-10-15(18)4-5-16(14)19;/h4-5,10,13H,3,6-9,11-12H2,1-2H3,(H2,20,21,22);1H. The summed E-state index contributed by atoms with van der Waals surface area (Å²) in [5, 5.41) is 6.55. The number of hydrogen-bond donors (Lipinski definition) is 2. The van der Waals surface area contributed by atoms with Crippen molar-refractivity contribution in [3.63, 3.8) is 0 Å². The van der Waals surface area contributed by atoms with Crippen molar-refractivity contribution in [2.75, 3.05) is 39.4 Å². The number of hydrogen-bond acceptors (Lipinski definition) is 3. The lowest BCUT2D eigenvalue weighted by Gasteiger charge is -2.32. The Hall–Kier alpha value is -0.450. The molecule has 0 spiro atoms. The van der Waals surface area contributed by atoms with Gasteiger partial charge in [0.2, 0.25) is 0 Å². The van der Waals surface area contributed by atoms with E-state index in [0.717, 1.165) is 43.9 Å². The van der Waals surface area contributed by atoms with Crippen molar-refractivity contribution in [2.45, 2.75) is 26.4 Å². The van der Waals surface area contributed by atoms with Crippen molar-refractivity contribution in [2.24, 2.45) is 4.99 Å². The number of ether oxygens (including phenoxy) is 1. The van der Waals surface area contributed by atoms with Gasteiger partial charge in [0.1, 0.15) is 5.82 Å². The fourth-order valence-electron chi connectivity index (χ4n) is 2.56. The van der Waals surface area contributed by atoms with Gasteiger partial charge in [0.25, 0.3) is 0 Å². The Morgan fingerprint density at radius 1 is 1.36 bits per heavy atom. The highest BCUT2D eigenvalue weighted by Gasteiger charge is 2.17. The average Bonchev–Trinajstić information content (AvgIpc) is 2.60. The fraction of sp³-hybridized carbons (Fsp3) is 0.588. The molecule has 0 aliphatic carbocycles. The molecule has 25 heavy (non-hydrogen) atoms. The lowest BCUT2D eigenvalue weighted by atomic mass is 10.2. The number of aliphatic imine (C=N–C) groups is 1. The third-order valence-electron chi connectivity index (χ3n) is 3.99. The normalized spacial score (nSPS) is 16.9. The number of rotatable bonds is 6. The molecule has 5 nitrogen and oxygen atoms in total. The van der Waals surface area contributed by atoms with E-state index in [-0.39, 0.29) is 29.8 Å². The van der Waals surface area contributed by atoms with E-state index in [2.05, 4.69) is 43.4 Å². The Kier molecular flexibility index (Phi) is 10.9. The van der Waals surface area contributed by atoms with E-state index in [4.69, 9.17) is 4.74 Å². The molecule has 8 heteroatoms. The van der Waals surface area contributed by atoms with Crippen LogP contribution in [0.5, 0.6) is 0 Å².